The summed E-state index contributed by atoms with van der Waals surface area (Å²) in [7, 11) is 3.35. The van der Waals surface area contributed by atoms with Gasteiger partial charge in [-0.3, -0.25) is 4.79 Å². The van der Waals surface area contributed by atoms with Crippen LogP contribution in [0.15, 0.2) is 42.5 Å². The highest BCUT2D eigenvalue weighted by Gasteiger charge is 2.11. The molecule has 0 unspecified atom stereocenters. The van der Waals surface area contributed by atoms with Crippen molar-refractivity contribution in [2.45, 2.75) is 0 Å². The molecule has 0 saturated heterocycles. The Morgan fingerprint density at radius 3 is 2.47 bits per heavy atom. The lowest BCUT2D eigenvalue weighted by Gasteiger charge is -2.12. The first kappa shape index (κ1) is 13.1. The number of rotatable bonds is 2. The van der Waals surface area contributed by atoms with E-state index in [1.165, 1.54) is 17.0 Å². The number of anilines is 1. The first-order chi connectivity index (χ1) is 8.97. The van der Waals surface area contributed by atoms with Crippen LogP contribution in [0.1, 0.15) is 10.4 Å². The van der Waals surface area contributed by atoms with E-state index in [-0.39, 0.29) is 11.7 Å². The first-order valence-corrected chi connectivity index (χ1v) is 5.85. The molecule has 0 aliphatic rings. The van der Waals surface area contributed by atoms with Gasteiger partial charge in [0, 0.05) is 25.3 Å². The van der Waals surface area contributed by atoms with Crippen molar-refractivity contribution in [2.24, 2.45) is 0 Å². The standard InChI is InChI=1S/C15H15FN2O/c1-18(2)15(19)12-6-11(8-14(17)9-12)10-4-3-5-13(16)7-10/h3-9H,17H2,1-2H3. The number of amides is 1. The van der Waals surface area contributed by atoms with Gasteiger partial charge in [0.15, 0.2) is 0 Å². The summed E-state index contributed by atoms with van der Waals surface area (Å²) in [5.41, 5.74) is 8.20. The SMILES string of the molecule is CN(C)C(=O)c1cc(N)cc(-c2cccc(F)c2)c1. The smallest absolute Gasteiger partial charge is 0.253 e. The van der Waals surface area contributed by atoms with E-state index in [2.05, 4.69) is 0 Å². The first-order valence-electron chi connectivity index (χ1n) is 5.85. The molecule has 19 heavy (non-hydrogen) atoms. The Balaban J connectivity index is 2.50. The van der Waals surface area contributed by atoms with Crippen molar-refractivity contribution in [1.29, 1.82) is 0 Å². The number of nitrogens with zero attached hydrogens (tertiary/aromatic N) is 1. The zero-order valence-electron chi connectivity index (χ0n) is 10.9. The van der Waals surface area contributed by atoms with E-state index in [0.29, 0.717) is 16.8 Å². The zero-order chi connectivity index (χ0) is 14.0. The molecule has 0 fully saturated rings. The summed E-state index contributed by atoms with van der Waals surface area (Å²) < 4.78 is 13.2. The summed E-state index contributed by atoms with van der Waals surface area (Å²) >= 11 is 0. The number of hydrogen-bond donors (Lipinski definition) is 1. The molecule has 3 nitrogen and oxygen atoms in total. The quantitative estimate of drug-likeness (QED) is 0.842. The molecule has 0 spiro atoms. The predicted octanol–water partition coefficient (Wildman–Crippen LogP) is 2.78. The summed E-state index contributed by atoms with van der Waals surface area (Å²) in [6.45, 7) is 0. The number of halogens is 1. The van der Waals surface area contributed by atoms with Gasteiger partial charge in [0.1, 0.15) is 5.82 Å². The van der Waals surface area contributed by atoms with Gasteiger partial charge in [0.05, 0.1) is 0 Å². The second-order valence-electron chi connectivity index (χ2n) is 4.55. The number of benzene rings is 2. The summed E-state index contributed by atoms with van der Waals surface area (Å²) in [6.07, 6.45) is 0. The fourth-order valence-electron chi connectivity index (χ4n) is 1.87. The van der Waals surface area contributed by atoms with Gasteiger partial charge in [-0.2, -0.15) is 0 Å². The fraction of sp³-hybridized carbons (Fsp3) is 0.133. The molecule has 2 N–H and O–H groups in total. The average Bonchev–Trinajstić information content (AvgIpc) is 2.37. The zero-order valence-corrected chi connectivity index (χ0v) is 10.9. The maximum absolute atomic E-state index is 13.2. The van der Waals surface area contributed by atoms with Gasteiger partial charge in [-0.15, -0.1) is 0 Å². The highest BCUT2D eigenvalue weighted by Crippen LogP contribution is 2.24. The Labute approximate surface area is 111 Å². The van der Waals surface area contributed by atoms with Gasteiger partial charge < -0.3 is 10.6 Å². The van der Waals surface area contributed by atoms with Crippen LogP contribution in [0.25, 0.3) is 11.1 Å². The number of carbonyl (C=O) groups is 1. The second kappa shape index (κ2) is 5.10. The highest BCUT2D eigenvalue weighted by atomic mass is 19.1. The Bertz CT molecular complexity index is 623. The van der Waals surface area contributed by atoms with Gasteiger partial charge in [-0.25, -0.2) is 4.39 Å². The molecule has 0 heterocycles. The Hall–Kier alpha value is -2.36. The molecule has 0 bridgehead atoms. The van der Waals surface area contributed by atoms with Gasteiger partial charge >= 0.3 is 0 Å². The van der Waals surface area contributed by atoms with Gasteiger partial charge in [-0.1, -0.05) is 12.1 Å². The minimum Gasteiger partial charge on any atom is -0.399 e. The fourth-order valence-corrected chi connectivity index (χ4v) is 1.87. The molecule has 0 aromatic heterocycles. The summed E-state index contributed by atoms with van der Waals surface area (Å²) in [6, 6.07) is 11.3. The molecule has 0 radical (unpaired) electrons. The number of hydrogen-bond acceptors (Lipinski definition) is 2. The highest BCUT2D eigenvalue weighted by molar-refractivity contribution is 5.96. The van der Waals surface area contributed by atoms with E-state index in [0.717, 1.165) is 5.56 Å². The normalized spacial score (nSPS) is 10.3. The largest absolute Gasteiger partial charge is 0.399 e. The van der Waals surface area contributed by atoms with Gasteiger partial charge in [0.25, 0.3) is 5.91 Å². The van der Waals surface area contributed by atoms with Crippen LogP contribution in [-0.2, 0) is 0 Å². The van der Waals surface area contributed by atoms with Crippen molar-refractivity contribution in [3.8, 4) is 11.1 Å². The molecule has 4 heteroatoms. The van der Waals surface area contributed by atoms with Gasteiger partial charge in [0.2, 0.25) is 0 Å². The predicted molar refractivity (Wildman–Crippen MR) is 74.3 cm³/mol. The monoisotopic (exact) mass is 258 g/mol. The maximum atomic E-state index is 13.2. The van der Waals surface area contributed by atoms with Crippen LogP contribution < -0.4 is 5.73 Å². The maximum Gasteiger partial charge on any atom is 0.253 e. The molecule has 98 valence electrons. The molecule has 2 aromatic carbocycles. The van der Waals surface area contributed by atoms with Crippen LogP contribution in [0.2, 0.25) is 0 Å². The minimum absolute atomic E-state index is 0.134. The summed E-state index contributed by atoms with van der Waals surface area (Å²) in [5, 5.41) is 0. The molecule has 2 aromatic rings. The molecule has 0 saturated carbocycles. The number of nitrogens with two attached hydrogens (primary N) is 1. The molecule has 2 rings (SSSR count). The van der Waals surface area contributed by atoms with Crippen molar-refractivity contribution in [2.75, 3.05) is 19.8 Å². The van der Waals surface area contributed by atoms with E-state index < -0.39 is 0 Å². The van der Waals surface area contributed by atoms with E-state index >= 15 is 0 Å². The average molecular weight is 258 g/mol. The molecule has 0 atom stereocenters. The number of carbonyl (C=O) groups excluding carboxylic acids is 1. The lowest BCUT2D eigenvalue weighted by Crippen LogP contribution is -2.21. The van der Waals surface area contributed by atoms with Crippen molar-refractivity contribution in [3.05, 3.63) is 53.8 Å². The van der Waals surface area contributed by atoms with Crippen LogP contribution in [0.4, 0.5) is 10.1 Å². The topological polar surface area (TPSA) is 46.3 Å². The molecule has 1 amide bonds. The lowest BCUT2D eigenvalue weighted by molar-refractivity contribution is 0.0827. The minimum atomic E-state index is -0.319. The third-order valence-electron chi connectivity index (χ3n) is 2.77. The number of nitrogen functional groups attached to an aromatic ring is 1. The molecule has 0 aliphatic carbocycles. The lowest BCUT2D eigenvalue weighted by atomic mass is 10.0. The third kappa shape index (κ3) is 2.91. The summed E-state index contributed by atoms with van der Waals surface area (Å²) in [4.78, 5) is 13.4. The van der Waals surface area contributed by atoms with Crippen LogP contribution in [0, 0.1) is 5.82 Å². The van der Waals surface area contributed by atoms with Crippen molar-refractivity contribution >= 4 is 11.6 Å². The molecular weight excluding hydrogens is 243 g/mol. The van der Waals surface area contributed by atoms with Crippen molar-refractivity contribution < 1.29 is 9.18 Å². The Kier molecular flexibility index (Phi) is 3.51. The van der Waals surface area contributed by atoms with E-state index in [9.17, 15) is 9.18 Å². The van der Waals surface area contributed by atoms with E-state index in [4.69, 9.17) is 5.73 Å². The van der Waals surface area contributed by atoms with Crippen molar-refractivity contribution in [3.63, 3.8) is 0 Å². The van der Waals surface area contributed by atoms with Crippen molar-refractivity contribution in [1.82, 2.24) is 4.90 Å². The van der Waals surface area contributed by atoms with Gasteiger partial charge in [-0.05, 0) is 41.5 Å². The second-order valence-corrected chi connectivity index (χ2v) is 4.55. The summed E-state index contributed by atoms with van der Waals surface area (Å²) in [5.74, 6) is -0.453. The van der Waals surface area contributed by atoms with E-state index in [1.54, 1.807) is 44.4 Å². The van der Waals surface area contributed by atoms with Crippen LogP contribution in [0.3, 0.4) is 0 Å². The third-order valence-corrected chi connectivity index (χ3v) is 2.77. The van der Waals surface area contributed by atoms with Crippen LogP contribution in [0.5, 0.6) is 0 Å². The Morgan fingerprint density at radius 2 is 1.84 bits per heavy atom. The van der Waals surface area contributed by atoms with Crippen LogP contribution >= 0.6 is 0 Å². The Morgan fingerprint density at radius 1 is 1.11 bits per heavy atom. The van der Waals surface area contributed by atoms with E-state index in [1.807, 2.05) is 0 Å². The molecule has 0 aliphatic heterocycles. The van der Waals surface area contributed by atoms with Crippen LogP contribution in [-0.4, -0.2) is 24.9 Å². The molecular formula is C15H15FN2O.